The van der Waals surface area contributed by atoms with E-state index in [0.29, 0.717) is 5.52 Å². The van der Waals surface area contributed by atoms with Crippen LogP contribution in [0.4, 0.5) is 0 Å². The molecule has 0 aliphatic heterocycles. The van der Waals surface area contributed by atoms with E-state index >= 15 is 0 Å². The van der Waals surface area contributed by atoms with E-state index in [0.717, 1.165) is 22.6 Å². The van der Waals surface area contributed by atoms with E-state index in [4.69, 9.17) is 0 Å². The number of pyridine rings is 1. The highest BCUT2D eigenvalue weighted by Crippen LogP contribution is 2.17. The minimum atomic E-state index is -0.0426. The zero-order valence-electron chi connectivity index (χ0n) is 10.3. The normalized spacial score (nSPS) is 11.0. The number of nitrogens with zero attached hydrogens (tertiary/aromatic N) is 2. The first kappa shape index (κ1) is 10.8. The summed E-state index contributed by atoms with van der Waals surface area (Å²) < 4.78 is 1.79. The van der Waals surface area contributed by atoms with Crippen molar-refractivity contribution in [3.05, 3.63) is 58.0 Å². The van der Waals surface area contributed by atoms with Gasteiger partial charge in [0.05, 0.1) is 16.9 Å². The first-order valence-corrected chi connectivity index (χ1v) is 5.81. The molecule has 0 aliphatic carbocycles. The summed E-state index contributed by atoms with van der Waals surface area (Å²) in [7, 11) is 0. The Kier molecular flexibility index (Phi) is 2.30. The average Bonchev–Trinajstić information content (AvgIpc) is 2.69. The number of H-pyrrole nitrogens is 1. The minimum Gasteiger partial charge on any atom is -0.356 e. The molecule has 18 heavy (non-hydrogen) atoms. The SMILES string of the molecule is Cc1cc(=O)c2nn(-c3ccccc3)c(C)c2[nH]1. The van der Waals surface area contributed by atoms with Crippen LogP contribution < -0.4 is 5.43 Å². The van der Waals surface area contributed by atoms with E-state index in [2.05, 4.69) is 10.1 Å². The Morgan fingerprint density at radius 2 is 1.89 bits per heavy atom. The summed E-state index contributed by atoms with van der Waals surface area (Å²) in [6.45, 7) is 3.83. The number of aromatic nitrogens is 3. The molecule has 4 nitrogen and oxygen atoms in total. The standard InChI is InChI=1S/C14H13N3O/c1-9-8-12(18)14-13(15-9)10(2)17(16-14)11-6-4-3-5-7-11/h3-8,15H,1-2H3. The van der Waals surface area contributed by atoms with Gasteiger partial charge >= 0.3 is 0 Å². The summed E-state index contributed by atoms with van der Waals surface area (Å²) >= 11 is 0. The van der Waals surface area contributed by atoms with Crippen molar-refractivity contribution < 1.29 is 0 Å². The number of fused-ring (bicyclic) bond motifs is 1. The first-order chi connectivity index (χ1) is 8.66. The van der Waals surface area contributed by atoms with Gasteiger partial charge in [0.1, 0.15) is 0 Å². The van der Waals surface area contributed by atoms with E-state index in [9.17, 15) is 4.79 Å². The first-order valence-electron chi connectivity index (χ1n) is 5.81. The molecule has 0 bridgehead atoms. The number of aryl methyl sites for hydroxylation is 2. The van der Waals surface area contributed by atoms with Gasteiger partial charge < -0.3 is 4.98 Å². The van der Waals surface area contributed by atoms with Crippen LogP contribution in [0.1, 0.15) is 11.4 Å². The maximum absolute atomic E-state index is 11.9. The van der Waals surface area contributed by atoms with E-state index in [1.165, 1.54) is 0 Å². The van der Waals surface area contributed by atoms with Gasteiger partial charge in [-0.25, -0.2) is 4.68 Å². The third kappa shape index (κ3) is 1.54. The van der Waals surface area contributed by atoms with Crippen molar-refractivity contribution in [2.75, 3.05) is 0 Å². The second-order valence-corrected chi connectivity index (χ2v) is 4.37. The molecule has 2 heterocycles. The zero-order chi connectivity index (χ0) is 12.7. The quantitative estimate of drug-likeness (QED) is 0.708. The van der Waals surface area contributed by atoms with Crippen LogP contribution in [0, 0.1) is 13.8 Å². The molecule has 2 aromatic heterocycles. The highest BCUT2D eigenvalue weighted by Gasteiger charge is 2.11. The number of benzene rings is 1. The molecule has 4 heteroatoms. The Balaban J connectivity index is 2.37. The lowest BCUT2D eigenvalue weighted by Crippen LogP contribution is -2.03. The maximum Gasteiger partial charge on any atom is 0.209 e. The summed E-state index contributed by atoms with van der Waals surface area (Å²) in [5, 5.41) is 4.40. The summed E-state index contributed by atoms with van der Waals surface area (Å²) in [5.74, 6) is 0. The number of hydrogen-bond donors (Lipinski definition) is 1. The zero-order valence-corrected chi connectivity index (χ0v) is 10.3. The van der Waals surface area contributed by atoms with Crippen molar-refractivity contribution in [1.82, 2.24) is 14.8 Å². The van der Waals surface area contributed by atoms with Crippen molar-refractivity contribution in [3.8, 4) is 5.69 Å². The molecule has 0 saturated heterocycles. The lowest BCUT2D eigenvalue weighted by atomic mass is 10.3. The Bertz CT molecular complexity index is 769. The maximum atomic E-state index is 11.9. The lowest BCUT2D eigenvalue weighted by molar-refractivity contribution is 0.859. The Morgan fingerprint density at radius 3 is 2.61 bits per heavy atom. The summed E-state index contributed by atoms with van der Waals surface area (Å²) in [6, 6.07) is 11.4. The van der Waals surface area contributed by atoms with Crippen molar-refractivity contribution in [2.45, 2.75) is 13.8 Å². The van der Waals surface area contributed by atoms with E-state index in [1.807, 2.05) is 44.2 Å². The van der Waals surface area contributed by atoms with Gasteiger partial charge in [-0.15, -0.1) is 0 Å². The van der Waals surface area contributed by atoms with Crippen molar-refractivity contribution in [2.24, 2.45) is 0 Å². The Morgan fingerprint density at radius 1 is 1.17 bits per heavy atom. The summed E-state index contributed by atoms with van der Waals surface area (Å²) in [4.78, 5) is 15.1. The molecule has 0 aliphatic rings. The fourth-order valence-electron chi connectivity index (χ4n) is 2.14. The number of nitrogens with one attached hydrogen (secondary N) is 1. The number of rotatable bonds is 1. The van der Waals surface area contributed by atoms with E-state index in [-0.39, 0.29) is 5.43 Å². The Hall–Kier alpha value is -2.36. The van der Waals surface area contributed by atoms with Gasteiger partial charge in [0.2, 0.25) is 5.43 Å². The van der Waals surface area contributed by atoms with E-state index in [1.54, 1.807) is 10.7 Å². The monoisotopic (exact) mass is 239 g/mol. The largest absolute Gasteiger partial charge is 0.356 e. The minimum absolute atomic E-state index is 0.0426. The highest BCUT2D eigenvalue weighted by atomic mass is 16.1. The molecular formula is C14H13N3O. The molecule has 3 aromatic rings. The summed E-state index contributed by atoms with van der Waals surface area (Å²) in [5.41, 5.74) is 4.00. The Labute approximate surface area is 104 Å². The second kappa shape index (κ2) is 3.84. The molecule has 1 N–H and O–H groups in total. The van der Waals surface area contributed by atoms with Crippen LogP contribution in [0.15, 0.2) is 41.2 Å². The van der Waals surface area contributed by atoms with E-state index < -0.39 is 0 Å². The van der Waals surface area contributed by atoms with Crippen LogP contribution in [0.2, 0.25) is 0 Å². The van der Waals surface area contributed by atoms with Crippen molar-refractivity contribution in [3.63, 3.8) is 0 Å². The van der Waals surface area contributed by atoms with Crippen LogP contribution >= 0.6 is 0 Å². The third-order valence-electron chi connectivity index (χ3n) is 3.02. The number of para-hydroxylation sites is 1. The molecule has 0 saturated carbocycles. The van der Waals surface area contributed by atoms with Gasteiger partial charge in [-0.3, -0.25) is 4.79 Å². The van der Waals surface area contributed by atoms with Crippen LogP contribution in [-0.4, -0.2) is 14.8 Å². The average molecular weight is 239 g/mol. The molecule has 90 valence electrons. The van der Waals surface area contributed by atoms with Gasteiger partial charge in [0.25, 0.3) is 0 Å². The molecule has 1 aromatic carbocycles. The molecular weight excluding hydrogens is 226 g/mol. The van der Waals surface area contributed by atoms with Crippen LogP contribution in [0.5, 0.6) is 0 Å². The molecule has 0 fully saturated rings. The lowest BCUT2D eigenvalue weighted by Gasteiger charge is -2.02. The third-order valence-corrected chi connectivity index (χ3v) is 3.02. The highest BCUT2D eigenvalue weighted by molar-refractivity contribution is 5.77. The van der Waals surface area contributed by atoms with Gasteiger partial charge in [-0.2, -0.15) is 5.10 Å². The van der Waals surface area contributed by atoms with Crippen LogP contribution in [0.3, 0.4) is 0 Å². The smallest absolute Gasteiger partial charge is 0.209 e. The molecule has 0 radical (unpaired) electrons. The van der Waals surface area contributed by atoms with Crippen LogP contribution in [0.25, 0.3) is 16.7 Å². The van der Waals surface area contributed by atoms with Crippen molar-refractivity contribution in [1.29, 1.82) is 0 Å². The fraction of sp³-hybridized carbons (Fsp3) is 0.143. The molecule has 0 unspecified atom stereocenters. The molecule has 0 spiro atoms. The molecule has 0 atom stereocenters. The fourth-order valence-corrected chi connectivity index (χ4v) is 2.14. The van der Waals surface area contributed by atoms with Gasteiger partial charge in [0, 0.05) is 11.8 Å². The van der Waals surface area contributed by atoms with Gasteiger partial charge in [0.15, 0.2) is 5.52 Å². The predicted molar refractivity (Wildman–Crippen MR) is 71.2 cm³/mol. The summed E-state index contributed by atoms with van der Waals surface area (Å²) in [6.07, 6.45) is 0. The number of aromatic amines is 1. The molecule has 0 amide bonds. The topological polar surface area (TPSA) is 50.7 Å². The second-order valence-electron chi connectivity index (χ2n) is 4.37. The van der Waals surface area contributed by atoms with Gasteiger partial charge in [-0.05, 0) is 26.0 Å². The predicted octanol–water partition coefficient (Wildman–Crippen LogP) is 2.33. The van der Waals surface area contributed by atoms with Crippen LogP contribution in [-0.2, 0) is 0 Å². The molecule has 3 rings (SSSR count). The van der Waals surface area contributed by atoms with Crippen molar-refractivity contribution >= 4 is 11.0 Å². The number of hydrogen-bond acceptors (Lipinski definition) is 2. The van der Waals surface area contributed by atoms with Gasteiger partial charge in [-0.1, -0.05) is 18.2 Å².